The second-order valence-corrected chi connectivity index (χ2v) is 11.2. The van der Waals surface area contributed by atoms with E-state index in [4.69, 9.17) is 14.3 Å². The molecule has 0 spiro atoms. The third-order valence-corrected chi connectivity index (χ3v) is 7.86. The molecule has 1 N–H and O–H groups in total. The van der Waals surface area contributed by atoms with Gasteiger partial charge < -0.3 is 9.05 Å². The van der Waals surface area contributed by atoms with Gasteiger partial charge in [0.25, 0.3) is 0 Å². The molecule has 0 bridgehead atoms. The van der Waals surface area contributed by atoms with E-state index >= 15 is 0 Å². The molecule has 1 aromatic heterocycles. The van der Waals surface area contributed by atoms with Crippen molar-refractivity contribution in [2.45, 2.75) is 25.4 Å². The summed E-state index contributed by atoms with van der Waals surface area (Å²) in [5.74, 6) is 1.39. The van der Waals surface area contributed by atoms with E-state index in [1.54, 1.807) is 53.2 Å². The molecule has 41 heavy (non-hydrogen) atoms. The van der Waals surface area contributed by atoms with Gasteiger partial charge >= 0.3 is 7.60 Å². The summed E-state index contributed by atoms with van der Waals surface area (Å²) >= 11 is 0. The number of aromatic nitrogens is 4. The molecule has 5 rings (SSSR count). The molecule has 0 saturated carbocycles. The number of hydrogen-bond donors (Lipinski definition) is 1. The third kappa shape index (κ3) is 7.67. The molecule has 1 atom stereocenters. The van der Waals surface area contributed by atoms with Crippen molar-refractivity contribution in [2.24, 2.45) is 0 Å². The molecule has 9 nitrogen and oxygen atoms in total. The number of rotatable bonds is 13. The fourth-order valence-corrected chi connectivity index (χ4v) is 5.82. The largest absolute Gasteiger partial charge is 0.444 e. The van der Waals surface area contributed by atoms with Gasteiger partial charge in [-0.15, -0.1) is 5.10 Å². The second kappa shape index (κ2) is 13.5. The Balaban J connectivity index is 1.40. The molecule has 0 amide bonds. The Morgan fingerprint density at radius 2 is 1.37 bits per heavy atom. The first kappa shape index (κ1) is 27.8. The number of hydrogen-bond acceptors (Lipinski definition) is 8. The lowest BCUT2D eigenvalue weighted by Crippen LogP contribution is -2.29. The van der Waals surface area contributed by atoms with Crippen LogP contribution in [0.1, 0.15) is 23.9 Å². The Labute approximate surface area is 238 Å². The van der Waals surface area contributed by atoms with E-state index in [2.05, 4.69) is 63.3 Å². The lowest BCUT2D eigenvalue weighted by atomic mass is 10.0. The summed E-state index contributed by atoms with van der Waals surface area (Å²) in [7, 11) is -3.75. The average molecular weight is 565 g/mol. The standard InChI is InChI=1S/C31H29N6O3P/c32-21-10-22-37-31(34-35-36-37)30(23-25-17-19-27(20-18-25)26-11-4-1-5-12-26)33-24-41(38,39-28-13-6-2-7-14-28)40-29-15-8-3-9-16-29/h1-9,11-20,30,33H,10,22-24H2. The fraction of sp³-hybridized carbons (Fsp3) is 0.161. The van der Waals surface area contributed by atoms with Crippen LogP contribution in [0, 0.1) is 11.3 Å². The van der Waals surface area contributed by atoms with Gasteiger partial charge in [0.15, 0.2) is 5.82 Å². The zero-order valence-electron chi connectivity index (χ0n) is 22.3. The van der Waals surface area contributed by atoms with Crippen molar-refractivity contribution in [1.82, 2.24) is 25.5 Å². The number of aryl methyl sites for hydroxylation is 1. The van der Waals surface area contributed by atoms with Crippen molar-refractivity contribution in [2.75, 3.05) is 6.29 Å². The molecule has 0 saturated heterocycles. The fourth-order valence-electron chi connectivity index (χ4n) is 4.32. The smallest absolute Gasteiger partial charge is 0.415 e. The van der Waals surface area contributed by atoms with Gasteiger partial charge in [0.2, 0.25) is 0 Å². The van der Waals surface area contributed by atoms with Gasteiger partial charge in [-0.25, -0.2) is 9.25 Å². The van der Waals surface area contributed by atoms with Gasteiger partial charge in [0.05, 0.1) is 25.1 Å². The molecule has 0 fully saturated rings. The normalized spacial score (nSPS) is 11.9. The zero-order valence-corrected chi connectivity index (χ0v) is 23.2. The summed E-state index contributed by atoms with van der Waals surface area (Å²) < 4.78 is 27.6. The molecule has 0 radical (unpaired) electrons. The quantitative estimate of drug-likeness (QED) is 0.163. The summed E-state index contributed by atoms with van der Waals surface area (Å²) in [5.41, 5.74) is 3.26. The highest BCUT2D eigenvalue weighted by Gasteiger charge is 2.31. The first-order valence-electron chi connectivity index (χ1n) is 13.2. The van der Waals surface area contributed by atoms with Crippen molar-refractivity contribution in [3.63, 3.8) is 0 Å². The van der Waals surface area contributed by atoms with Crippen LogP contribution in [0.15, 0.2) is 115 Å². The maximum Gasteiger partial charge on any atom is 0.444 e. The van der Waals surface area contributed by atoms with Crippen molar-refractivity contribution in [3.8, 4) is 28.7 Å². The van der Waals surface area contributed by atoms with E-state index in [1.807, 2.05) is 30.3 Å². The van der Waals surface area contributed by atoms with E-state index in [0.717, 1.165) is 16.7 Å². The van der Waals surface area contributed by atoms with Crippen LogP contribution < -0.4 is 14.4 Å². The zero-order chi connectivity index (χ0) is 28.3. The van der Waals surface area contributed by atoms with Crippen molar-refractivity contribution in [1.29, 1.82) is 5.26 Å². The SMILES string of the molecule is N#CCCn1nnnc1C(Cc1ccc(-c2ccccc2)cc1)NCP(=O)(Oc1ccccc1)Oc1ccccc1. The maximum absolute atomic E-state index is 14.1. The predicted octanol–water partition coefficient (Wildman–Crippen LogP) is 6.44. The lowest BCUT2D eigenvalue weighted by Gasteiger charge is -2.24. The molecule has 1 unspecified atom stereocenters. The number of benzene rings is 4. The minimum atomic E-state index is -3.75. The van der Waals surface area contributed by atoms with Gasteiger partial charge in [-0.3, -0.25) is 5.32 Å². The highest BCUT2D eigenvalue weighted by atomic mass is 31.2. The number of tetrazole rings is 1. The van der Waals surface area contributed by atoms with Crippen LogP contribution in [0.25, 0.3) is 11.1 Å². The van der Waals surface area contributed by atoms with Crippen molar-refractivity contribution < 1.29 is 13.6 Å². The van der Waals surface area contributed by atoms with Crippen molar-refractivity contribution in [3.05, 3.63) is 127 Å². The summed E-state index contributed by atoms with van der Waals surface area (Å²) in [5, 5.41) is 24.7. The molecular weight excluding hydrogens is 535 g/mol. The van der Waals surface area contributed by atoms with E-state index in [1.165, 1.54) is 0 Å². The van der Waals surface area contributed by atoms with Crippen LogP contribution in [-0.4, -0.2) is 26.5 Å². The Bertz CT molecular complexity index is 1560. The number of para-hydroxylation sites is 2. The lowest BCUT2D eigenvalue weighted by molar-refractivity contribution is 0.372. The van der Waals surface area contributed by atoms with E-state index in [-0.39, 0.29) is 12.7 Å². The highest BCUT2D eigenvalue weighted by Crippen LogP contribution is 2.48. The third-order valence-electron chi connectivity index (χ3n) is 6.31. The summed E-state index contributed by atoms with van der Waals surface area (Å²) in [6.45, 7) is 0.336. The van der Waals surface area contributed by atoms with Crippen LogP contribution in [0.5, 0.6) is 11.5 Å². The van der Waals surface area contributed by atoms with Gasteiger partial charge in [0.1, 0.15) is 17.8 Å². The topological polar surface area (TPSA) is 115 Å². The maximum atomic E-state index is 14.1. The average Bonchev–Trinajstić information content (AvgIpc) is 3.48. The summed E-state index contributed by atoms with van der Waals surface area (Å²) in [6, 6.07) is 38.0. The monoisotopic (exact) mass is 564 g/mol. The minimum absolute atomic E-state index is 0.116. The van der Waals surface area contributed by atoms with Gasteiger partial charge in [-0.2, -0.15) is 5.26 Å². The van der Waals surface area contributed by atoms with E-state index < -0.39 is 13.6 Å². The molecule has 1 heterocycles. The van der Waals surface area contributed by atoms with Crippen molar-refractivity contribution >= 4 is 7.60 Å². The van der Waals surface area contributed by atoms with E-state index in [0.29, 0.717) is 30.3 Å². The summed E-state index contributed by atoms with van der Waals surface area (Å²) in [4.78, 5) is 0. The molecule has 0 aliphatic heterocycles. The van der Waals surface area contributed by atoms with Gasteiger partial charge in [-0.05, 0) is 57.8 Å². The van der Waals surface area contributed by atoms with Crippen LogP contribution in [0.3, 0.4) is 0 Å². The first-order chi connectivity index (χ1) is 20.1. The Morgan fingerprint density at radius 1 is 0.805 bits per heavy atom. The Morgan fingerprint density at radius 3 is 1.95 bits per heavy atom. The van der Waals surface area contributed by atoms with Crippen LogP contribution in [-0.2, 0) is 17.5 Å². The molecule has 0 aliphatic rings. The predicted molar refractivity (Wildman–Crippen MR) is 156 cm³/mol. The summed E-state index contributed by atoms with van der Waals surface area (Å²) in [6.07, 6.45) is 0.636. The van der Waals surface area contributed by atoms with Gasteiger partial charge in [0, 0.05) is 0 Å². The molecule has 0 aliphatic carbocycles. The van der Waals surface area contributed by atoms with Crippen LogP contribution in [0.2, 0.25) is 0 Å². The van der Waals surface area contributed by atoms with Crippen LogP contribution >= 0.6 is 7.60 Å². The Kier molecular flexibility index (Phi) is 9.17. The minimum Gasteiger partial charge on any atom is -0.415 e. The highest BCUT2D eigenvalue weighted by molar-refractivity contribution is 7.54. The molecule has 4 aromatic carbocycles. The number of nitrogens with one attached hydrogen (secondary N) is 1. The second-order valence-electron chi connectivity index (χ2n) is 9.27. The number of nitriles is 1. The van der Waals surface area contributed by atoms with Crippen LogP contribution in [0.4, 0.5) is 0 Å². The van der Waals surface area contributed by atoms with E-state index in [9.17, 15) is 4.57 Å². The first-order valence-corrected chi connectivity index (χ1v) is 14.9. The molecular formula is C31H29N6O3P. The van der Waals surface area contributed by atoms with Gasteiger partial charge in [-0.1, -0.05) is 91.0 Å². The molecule has 206 valence electrons. The molecule has 10 heteroatoms. The Hall–Kier alpha value is -4.77. The number of nitrogens with zero attached hydrogens (tertiary/aromatic N) is 5. The molecule has 5 aromatic rings.